The van der Waals surface area contributed by atoms with Crippen molar-refractivity contribution in [2.24, 2.45) is 7.05 Å². The van der Waals surface area contributed by atoms with Crippen LogP contribution < -0.4 is 4.90 Å². The van der Waals surface area contributed by atoms with Gasteiger partial charge < -0.3 is 9.64 Å². The molecule has 2 aliphatic rings. The van der Waals surface area contributed by atoms with Gasteiger partial charge in [0.05, 0.1) is 42.0 Å². The Labute approximate surface area is 254 Å². The molecule has 0 spiro atoms. The summed E-state index contributed by atoms with van der Waals surface area (Å²) in [6, 6.07) is 22.6. The van der Waals surface area contributed by atoms with E-state index in [-0.39, 0.29) is 23.3 Å². The van der Waals surface area contributed by atoms with Crippen molar-refractivity contribution in [3.63, 3.8) is 0 Å². The van der Waals surface area contributed by atoms with Gasteiger partial charge in [0.2, 0.25) is 11.7 Å². The van der Waals surface area contributed by atoms with Crippen LogP contribution in [-0.2, 0) is 16.6 Å². The lowest BCUT2D eigenvalue weighted by molar-refractivity contribution is -0.116. The van der Waals surface area contributed by atoms with Crippen molar-refractivity contribution in [3.8, 4) is 22.3 Å². The van der Waals surface area contributed by atoms with Crippen molar-refractivity contribution in [2.75, 3.05) is 31.2 Å². The van der Waals surface area contributed by atoms with Gasteiger partial charge >= 0.3 is 0 Å². The number of aryl methyl sites for hydroxylation is 1. The van der Waals surface area contributed by atoms with Crippen molar-refractivity contribution >= 4 is 40.3 Å². The third-order valence-corrected chi connectivity index (χ3v) is 8.07. The van der Waals surface area contributed by atoms with Gasteiger partial charge in [-0.05, 0) is 59.2 Å². The summed E-state index contributed by atoms with van der Waals surface area (Å²) in [5.41, 5.74) is 6.70. The van der Waals surface area contributed by atoms with Crippen LogP contribution in [0.1, 0.15) is 33.3 Å². The number of benzene rings is 3. The van der Waals surface area contributed by atoms with Gasteiger partial charge in [-0.15, -0.1) is 0 Å². The zero-order valence-corrected chi connectivity index (χ0v) is 24.4. The summed E-state index contributed by atoms with van der Waals surface area (Å²) in [7, 11) is 1.87. The van der Waals surface area contributed by atoms with E-state index in [0.717, 1.165) is 27.6 Å². The van der Waals surface area contributed by atoms with Crippen molar-refractivity contribution in [3.05, 3.63) is 108 Å². The summed E-state index contributed by atoms with van der Waals surface area (Å²) in [6.07, 6.45) is 5.45. The molecule has 0 unspecified atom stereocenters. The van der Waals surface area contributed by atoms with E-state index < -0.39 is 0 Å². The van der Waals surface area contributed by atoms with Crippen molar-refractivity contribution in [1.82, 2.24) is 19.7 Å². The predicted molar refractivity (Wildman–Crippen MR) is 168 cm³/mol. The van der Waals surface area contributed by atoms with Gasteiger partial charge in [0, 0.05) is 55.3 Å². The summed E-state index contributed by atoms with van der Waals surface area (Å²) < 4.78 is 7.20. The Kier molecular flexibility index (Phi) is 6.87. The van der Waals surface area contributed by atoms with Gasteiger partial charge in [0.15, 0.2) is 0 Å². The third kappa shape index (κ3) is 4.77. The number of hydrogen-bond acceptors (Lipinski definition) is 6. The Morgan fingerprint density at radius 3 is 2.34 bits per heavy atom. The number of pyridine rings is 1. The average molecular weight is 584 g/mol. The Morgan fingerprint density at radius 2 is 1.61 bits per heavy atom. The summed E-state index contributed by atoms with van der Waals surface area (Å²) in [6.45, 7) is 3.56. The van der Waals surface area contributed by atoms with Crippen LogP contribution in [0, 0.1) is 0 Å². The Hall–Kier alpha value is -5.41. The third-order valence-electron chi connectivity index (χ3n) is 8.07. The highest BCUT2D eigenvalue weighted by molar-refractivity contribution is 6.26. The number of carbonyl (C=O) groups excluding carboxylic acids is 3. The molecule has 1 fully saturated rings. The van der Waals surface area contributed by atoms with Crippen molar-refractivity contribution in [1.29, 1.82) is 0 Å². The molecule has 0 aliphatic carbocycles. The lowest BCUT2D eigenvalue weighted by Crippen LogP contribution is -2.40. The number of anilines is 1. The molecule has 0 radical (unpaired) electrons. The smallest absolute Gasteiger partial charge is 0.254 e. The molecule has 218 valence electrons. The minimum absolute atomic E-state index is 0.0562. The fourth-order valence-corrected chi connectivity index (χ4v) is 5.99. The molecular formula is C35H29N5O4. The number of rotatable bonds is 4. The molecule has 2 aliphatic heterocycles. The van der Waals surface area contributed by atoms with Gasteiger partial charge in [-0.25, -0.2) is 4.98 Å². The first-order valence-electron chi connectivity index (χ1n) is 14.5. The molecule has 4 heterocycles. The lowest BCUT2D eigenvalue weighted by atomic mass is 9.92. The second-order valence-electron chi connectivity index (χ2n) is 10.9. The van der Waals surface area contributed by atoms with Crippen molar-refractivity contribution in [2.45, 2.75) is 6.92 Å². The van der Waals surface area contributed by atoms with Gasteiger partial charge in [0.1, 0.15) is 0 Å². The standard InChI is InChI=1S/C35H29N5O4/c1-22(41)40-32-10-6-5-9-28(32)34(42)33(40)19-25-18-29(27-8-4-3-7-26(27)24-20-36-38(2)21-24)30-17-23(11-12-31(30)37-25)35(43)39-13-15-44-16-14-39/h3-12,17-21H,13-16H2,1-2H3/b33-19-. The molecular weight excluding hydrogens is 554 g/mol. The van der Waals surface area contributed by atoms with Gasteiger partial charge in [-0.2, -0.15) is 5.10 Å². The first kappa shape index (κ1) is 27.4. The molecule has 0 atom stereocenters. The number of amides is 2. The fourth-order valence-electron chi connectivity index (χ4n) is 5.99. The van der Waals surface area contributed by atoms with Gasteiger partial charge in [-0.3, -0.25) is 24.0 Å². The van der Waals surface area contributed by atoms with E-state index in [0.29, 0.717) is 54.3 Å². The van der Waals surface area contributed by atoms with E-state index in [1.807, 2.05) is 68.0 Å². The minimum atomic E-state index is -0.260. The molecule has 9 heteroatoms. The number of Topliss-reactive ketones (excluding diaryl/α,β-unsaturated/α-hetero) is 1. The number of nitrogens with zero attached hydrogens (tertiary/aromatic N) is 5. The van der Waals surface area contributed by atoms with Crippen LogP contribution in [0.25, 0.3) is 39.2 Å². The Balaban J connectivity index is 1.43. The average Bonchev–Trinajstić information content (AvgIpc) is 3.61. The number of ether oxygens (including phenoxy) is 1. The molecule has 1 saturated heterocycles. The van der Waals surface area contributed by atoms with Crippen LogP contribution in [0.2, 0.25) is 0 Å². The molecule has 0 bridgehead atoms. The maximum absolute atomic E-state index is 13.5. The molecule has 9 nitrogen and oxygen atoms in total. The topological polar surface area (TPSA) is 97.6 Å². The van der Waals surface area contributed by atoms with Crippen LogP contribution >= 0.6 is 0 Å². The molecule has 2 aromatic heterocycles. The zero-order chi connectivity index (χ0) is 30.4. The van der Waals surface area contributed by atoms with E-state index in [1.54, 1.807) is 39.9 Å². The maximum atomic E-state index is 13.5. The number of ketones is 1. The van der Waals surface area contributed by atoms with Crippen LogP contribution in [0.3, 0.4) is 0 Å². The van der Waals surface area contributed by atoms with Crippen LogP contribution in [0.4, 0.5) is 5.69 Å². The Bertz CT molecular complexity index is 2000. The van der Waals surface area contributed by atoms with Gasteiger partial charge in [-0.1, -0.05) is 36.4 Å². The second-order valence-corrected chi connectivity index (χ2v) is 10.9. The number of fused-ring (bicyclic) bond motifs is 2. The molecule has 0 N–H and O–H groups in total. The molecule has 5 aromatic rings. The van der Waals surface area contributed by atoms with E-state index in [2.05, 4.69) is 5.10 Å². The Morgan fingerprint density at radius 1 is 0.886 bits per heavy atom. The van der Waals surface area contributed by atoms with Crippen molar-refractivity contribution < 1.29 is 19.1 Å². The maximum Gasteiger partial charge on any atom is 0.254 e. The predicted octanol–water partition coefficient (Wildman–Crippen LogP) is 5.37. The number of para-hydroxylation sites is 1. The summed E-state index contributed by atoms with van der Waals surface area (Å²) in [5, 5.41) is 5.18. The van der Waals surface area contributed by atoms with Crippen LogP contribution in [0.5, 0.6) is 0 Å². The molecule has 2 amide bonds. The van der Waals surface area contributed by atoms with Gasteiger partial charge in [0.25, 0.3) is 5.91 Å². The highest BCUT2D eigenvalue weighted by Gasteiger charge is 2.34. The number of hydrogen-bond donors (Lipinski definition) is 0. The number of carbonyl (C=O) groups is 3. The van der Waals surface area contributed by atoms with E-state index in [9.17, 15) is 14.4 Å². The molecule has 3 aromatic carbocycles. The monoisotopic (exact) mass is 583 g/mol. The first-order chi connectivity index (χ1) is 21.4. The number of morpholine rings is 1. The van der Waals surface area contributed by atoms with Crippen LogP contribution in [-0.4, -0.2) is 63.6 Å². The van der Waals surface area contributed by atoms with Crippen LogP contribution in [0.15, 0.2) is 90.9 Å². The second kappa shape index (κ2) is 11.0. The summed E-state index contributed by atoms with van der Waals surface area (Å²) in [4.78, 5) is 47.9. The summed E-state index contributed by atoms with van der Waals surface area (Å²) in [5.74, 6) is -0.551. The minimum Gasteiger partial charge on any atom is -0.378 e. The SMILES string of the molecule is CC(=O)N1/C(=C\c2cc(-c3ccccc3-c3cnn(C)c3)c3cc(C(=O)N4CCOCC4)ccc3n2)C(=O)c2ccccc21. The highest BCUT2D eigenvalue weighted by atomic mass is 16.5. The molecule has 0 saturated carbocycles. The summed E-state index contributed by atoms with van der Waals surface area (Å²) >= 11 is 0. The normalized spacial score (nSPS) is 15.7. The van der Waals surface area contributed by atoms with E-state index in [1.165, 1.54) is 11.8 Å². The first-order valence-corrected chi connectivity index (χ1v) is 14.5. The number of aromatic nitrogens is 3. The highest BCUT2D eigenvalue weighted by Crippen LogP contribution is 2.39. The molecule has 44 heavy (non-hydrogen) atoms. The zero-order valence-electron chi connectivity index (χ0n) is 24.4. The van der Waals surface area contributed by atoms with E-state index in [4.69, 9.17) is 9.72 Å². The molecule has 7 rings (SSSR count). The van der Waals surface area contributed by atoms with E-state index >= 15 is 0 Å². The lowest BCUT2D eigenvalue weighted by Gasteiger charge is -2.27. The fraction of sp³-hybridized carbons (Fsp3) is 0.171. The largest absolute Gasteiger partial charge is 0.378 e. The quantitative estimate of drug-likeness (QED) is 0.264. The number of allylic oxidation sites excluding steroid dienone is 1.